The Morgan fingerprint density at radius 2 is 0.648 bits per heavy atom. The van der Waals surface area contributed by atoms with E-state index in [1.54, 1.807) is 0 Å². The maximum absolute atomic E-state index is 5.43. The second kappa shape index (κ2) is 18.2. The first-order valence-corrected chi connectivity index (χ1v) is 24.5. The predicted molar refractivity (Wildman–Crippen MR) is 299 cm³/mol. The van der Waals surface area contributed by atoms with Crippen molar-refractivity contribution in [3.8, 4) is 95.2 Å². The average Bonchev–Trinajstić information content (AvgIpc) is 3.76. The Labute approximate surface area is 416 Å². The van der Waals surface area contributed by atoms with Crippen molar-refractivity contribution in [3.05, 3.63) is 260 Å². The van der Waals surface area contributed by atoms with Crippen molar-refractivity contribution in [1.82, 2.24) is 14.5 Å². The minimum atomic E-state index is -0.0113. The molecule has 338 valence electrons. The molecule has 0 saturated carbocycles. The zero-order chi connectivity index (χ0) is 47.9. The van der Waals surface area contributed by atoms with Gasteiger partial charge in [0.1, 0.15) is 0 Å². The van der Waals surface area contributed by atoms with Crippen LogP contribution in [0.5, 0.6) is 0 Å². The van der Waals surface area contributed by atoms with Crippen LogP contribution in [0.2, 0.25) is 0 Å². The molecule has 12 rings (SSSR count). The van der Waals surface area contributed by atoms with E-state index in [9.17, 15) is 0 Å². The molecule has 0 bridgehead atoms. The van der Waals surface area contributed by atoms with Gasteiger partial charge >= 0.3 is 0 Å². The molecule has 71 heavy (non-hydrogen) atoms. The molecule has 0 N–H and O–H groups in total. The van der Waals surface area contributed by atoms with Gasteiger partial charge in [-0.15, -0.1) is 0 Å². The fourth-order valence-electron chi connectivity index (χ4n) is 10.0. The lowest BCUT2D eigenvalue weighted by Gasteiger charge is -2.23. The highest BCUT2D eigenvalue weighted by atomic mass is 15.0. The smallest absolute Gasteiger partial charge is 0.160 e. The molecule has 12 aromatic rings. The van der Waals surface area contributed by atoms with Gasteiger partial charge in [-0.3, -0.25) is 0 Å². The Kier molecular flexibility index (Phi) is 11.1. The Bertz CT molecular complexity index is 3740. The quantitative estimate of drug-likeness (QED) is 0.144. The average molecular weight is 910 g/mol. The third-order valence-electron chi connectivity index (χ3n) is 13.8. The van der Waals surface area contributed by atoms with Crippen LogP contribution in [0.4, 0.5) is 0 Å². The lowest BCUT2D eigenvalue weighted by atomic mass is 9.85. The molecule has 0 spiro atoms. The van der Waals surface area contributed by atoms with Crippen molar-refractivity contribution >= 4 is 21.8 Å². The zero-order valence-electron chi connectivity index (χ0n) is 40.1. The Balaban J connectivity index is 1.15. The molecule has 2 heterocycles. The van der Waals surface area contributed by atoms with Crippen LogP contribution < -0.4 is 0 Å². The summed E-state index contributed by atoms with van der Waals surface area (Å²) < 4.78 is 2.52. The maximum atomic E-state index is 5.43. The van der Waals surface area contributed by atoms with Gasteiger partial charge in [0.25, 0.3) is 0 Å². The fraction of sp³-hybridized carbons (Fsp3) is 0.0588. The van der Waals surface area contributed by atoms with Crippen LogP contribution in [0.1, 0.15) is 26.3 Å². The summed E-state index contributed by atoms with van der Waals surface area (Å²) in [6.45, 7) is 6.83. The molecule has 0 fully saturated rings. The SMILES string of the molecule is CC(C)(C)c1ccc(-c2cc(-c3cc(-c4ccc(-c5ccccc5)cc4)nc(-c4ccccc4)n3)cc(-c3ccccc3)c2-n2c3ccc(-c4ccccc4)cc3c3cc(-c4ccccc4)ccc32)cc1. The van der Waals surface area contributed by atoms with Gasteiger partial charge < -0.3 is 4.57 Å². The number of hydrogen-bond acceptors (Lipinski definition) is 2. The fourth-order valence-corrected chi connectivity index (χ4v) is 10.0. The summed E-state index contributed by atoms with van der Waals surface area (Å²) in [5.41, 5.74) is 20.9. The minimum Gasteiger partial charge on any atom is -0.308 e. The second-order valence-corrected chi connectivity index (χ2v) is 19.4. The van der Waals surface area contributed by atoms with E-state index in [1.807, 2.05) is 6.07 Å². The summed E-state index contributed by atoms with van der Waals surface area (Å²) in [5.74, 6) is 0.678. The molecule has 2 aromatic heterocycles. The first-order valence-electron chi connectivity index (χ1n) is 24.5. The molecular weight excluding hydrogens is 859 g/mol. The summed E-state index contributed by atoms with van der Waals surface area (Å²) >= 11 is 0. The van der Waals surface area contributed by atoms with E-state index in [4.69, 9.17) is 9.97 Å². The summed E-state index contributed by atoms with van der Waals surface area (Å²) in [6, 6.07) is 91.9. The molecule has 3 heteroatoms. The van der Waals surface area contributed by atoms with E-state index >= 15 is 0 Å². The van der Waals surface area contributed by atoms with Gasteiger partial charge in [-0.25, -0.2) is 9.97 Å². The van der Waals surface area contributed by atoms with Crippen LogP contribution in [0.25, 0.3) is 117 Å². The minimum absolute atomic E-state index is 0.0113. The number of rotatable bonds is 9. The van der Waals surface area contributed by atoms with Crippen molar-refractivity contribution in [2.45, 2.75) is 26.2 Å². The number of aromatic nitrogens is 3. The topological polar surface area (TPSA) is 30.7 Å². The second-order valence-electron chi connectivity index (χ2n) is 19.4. The molecule has 0 aliphatic heterocycles. The lowest BCUT2D eigenvalue weighted by molar-refractivity contribution is 0.590. The number of nitrogens with zero attached hydrogens (tertiary/aromatic N) is 3. The van der Waals surface area contributed by atoms with E-state index in [1.165, 1.54) is 44.2 Å². The van der Waals surface area contributed by atoms with E-state index in [0.29, 0.717) is 5.82 Å². The van der Waals surface area contributed by atoms with Crippen molar-refractivity contribution < 1.29 is 0 Å². The highest BCUT2D eigenvalue weighted by Crippen LogP contribution is 2.46. The summed E-state index contributed by atoms with van der Waals surface area (Å²) in [6.07, 6.45) is 0. The van der Waals surface area contributed by atoms with Crippen LogP contribution in [0, 0.1) is 0 Å². The Morgan fingerprint density at radius 3 is 1.11 bits per heavy atom. The molecule has 0 aliphatic carbocycles. The number of hydrogen-bond donors (Lipinski definition) is 0. The molecule has 0 unspecified atom stereocenters. The first-order chi connectivity index (χ1) is 34.8. The summed E-state index contributed by atoms with van der Waals surface area (Å²) in [7, 11) is 0. The van der Waals surface area contributed by atoms with Gasteiger partial charge in [0, 0.05) is 38.6 Å². The van der Waals surface area contributed by atoms with Gasteiger partial charge in [-0.05, 0) is 98.0 Å². The van der Waals surface area contributed by atoms with Crippen molar-refractivity contribution in [2.24, 2.45) is 0 Å². The van der Waals surface area contributed by atoms with Crippen molar-refractivity contribution in [3.63, 3.8) is 0 Å². The number of benzene rings is 10. The summed E-state index contributed by atoms with van der Waals surface area (Å²) in [5, 5.41) is 2.39. The van der Waals surface area contributed by atoms with E-state index < -0.39 is 0 Å². The highest BCUT2D eigenvalue weighted by molar-refractivity contribution is 6.13. The lowest BCUT2D eigenvalue weighted by Crippen LogP contribution is -2.10. The molecule has 0 aliphatic rings. The van der Waals surface area contributed by atoms with Gasteiger partial charge in [0.05, 0.1) is 28.1 Å². The van der Waals surface area contributed by atoms with Crippen LogP contribution in [-0.2, 0) is 5.41 Å². The maximum Gasteiger partial charge on any atom is 0.160 e. The van der Waals surface area contributed by atoms with Crippen molar-refractivity contribution in [1.29, 1.82) is 0 Å². The Morgan fingerprint density at radius 1 is 0.296 bits per heavy atom. The third-order valence-corrected chi connectivity index (χ3v) is 13.8. The van der Waals surface area contributed by atoms with E-state index in [0.717, 1.165) is 72.6 Å². The van der Waals surface area contributed by atoms with Crippen LogP contribution >= 0.6 is 0 Å². The third kappa shape index (κ3) is 8.42. The molecule has 3 nitrogen and oxygen atoms in total. The standard InChI is InChI=1S/C68H51N3/c1-68(2,3)57-37-33-51(34-38-57)59-44-56(63-45-62(69-67(70-63)53-27-17-8-18-28-53)52-31-29-49(30-32-52)46-19-9-4-10-20-46)43-58(50-25-15-7-16-26-50)66(59)71-64-39-35-54(47-21-11-5-12-22-47)41-60(64)61-42-55(36-40-65(61)71)48-23-13-6-14-24-48/h4-45H,1-3H3. The molecule has 10 aromatic carbocycles. The predicted octanol–water partition coefficient (Wildman–Crippen LogP) is 18.2. The summed E-state index contributed by atoms with van der Waals surface area (Å²) in [4.78, 5) is 10.7. The van der Waals surface area contributed by atoms with Gasteiger partial charge in [0.15, 0.2) is 5.82 Å². The van der Waals surface area contributed by atoms with E-state index in [-0.39, 0.29) is 5.41 Å². The Hall–Kier alpha value is -8.92. The molecule has 0 radical (unpaired) electrons. The van der Waals surface area contributed by atoms with Crippen LogP contribution in [0.3, 0.4) is 0 Å². The van der Waals surface area contributed by atoms with Gasteiger partial charge in [-0.1, -0.05) is 233 Å². The van der Waals surface area contributed by atoms with Crippen LogP contribution in [-0.4, -0.2) is 14.5 Å². The van der Waals surface area contributed by atoms with Gasteiger partial charge in [0.2, 0.25) is 0 Å². The van der Waals surface area contributed by atoms with E-state index in [2.05, 4.69) is 274 Å². The normalized spacial score (nSPS) is 11.6. The monoisotopic (exact) mass is 909 g/mol. The molecule has 0 saturated heterocycles. The number of fused-ring (bicyclic) bond motifs is 3. The largest absolute Gasteiger partial charge is 0.308 e. The van der Waals surface area contributed by atoms with Crippen molar-refractivity contribution in [2.75, 3.05) is 0 Å². The first kappa shape index (κ1) is 43.4. The van der Waals surface area contributed by atoms with Crippen LogP contribution in [0.15, 0.2) is 255 Å². The zero-order valence-corrected chi connectivity index (χ0v) is 40.1. The molecular formula is C68H51N3. The molecule has 0 amide bonds. The van der Waals surface area contributed by atoms with Gasteiger partial charge in [-0.2, -0.15) is 0 Å². The highest BCUT2D eigenvalue weighted by Gasteiger charge is 2.24. The molecule has 0 atom stereocenters.